The lowest BCUT2D eigenvalue weighted by Crippen LogP contribution is -2.34. The molecule has 0 spiro atoms. The monoisotopic (exact) mass is 145 g/mol. The Labute approximate surface area is 60.6 Å². The molecule has 1 aliphatic heterocycles. The molecule has 2 N–H and O–H groups in total. The zero-order valence-corrected chi connectivity index (χ0v) is 5.86. The van der Waals surface area contributed by atoms with Crippen LogP contribution in [0.2, 0.25) is 0 Å². The maximum atomic E-state index is 9.12. The molecule has 3 nitrogen and oxygen atoms in total. The van der Waals surface area contributed by atoms with E-state index in [0.29, 0.717) is 12.8 Å². The summed E-state index contributed by atoms with van der Waals surface area (Å²) in [4.78, 5) is 0. The van der Waals surface area contributed by atoms with Gasteiger partial charge in [0.15, 0.2) is 12.6 Å². The van der Waals surface area contributed by atoms with Gasteiger partial charge in [0, 0.05) is 5.92 Å². The van der Waals surface area contributed by atoms with Crippen LogP contribution in [0.5, 0.6) is 0 Å². The molecule has 1 saturated heterocycles. The molecule has 1 heterocycles. The van der Waals surface area contributed by atoms with E-state index >= 15 is 0 Å². The first kappa shape index (κ1) is 7.98. The Hall–Kier alpha value is -0.120. The number of aliphatic hydroxyl groups excluding tert-OH is 2. The molecule has 3 unspecified atom stereocenters. The molecular weight excluding hydrogens is 132 g/mol. The van der Waals surface area contributed by atoms with Gasteiger partial charge in [-0.3, -0.25) is 0 Å². The van der Waals surface area contributed by atoms with Crippen molar-refractivity contribution in [2.24, 2.45) is 5.92 Å². The Morgan fingerprint density at radius 3 is 2.60 bits per heavy atom. The molecule has 0 aromatic carbocycles. The molecule has 0 bridgehead atoms. The third-order valence-electron chi connectivity index (χ3n) is 1.85. The van der Waals surface area contributed by atoms with Gasteiger partial charge in [-0.1, -0.05) is 6.92 Å². The molecule has 0 aliphatic carbocycles. The Morgan fingerprint density at radius 1 is 1.40 bits per heavy atom. The van der Waals surface area contributed by atoms with Gasteiger partial charge in [-0.2, -0.15) is 0 Å². The van der Waals surface area contributed by atoms with Crippen LogP contribution in [0, 0.1) is 12.8 Å². The minimum absolute atomic E-state index is 0.100. The zero-order chi connectivity index (χ0) is 7.56. The minimum atomic E-state index is -0.818. The van der Waals surface area contributed by atoms with Gasteiger partial charge in [0.25, 0.3) is 0 Å². The summed E-state index contributed by atoms with van der Waals surface area (Å²) in [5.74, 6) is 0.100. The van der Waals surface area contributed by atoms with Gasteiger partial charge in [0.1, 0.15) is 0 Å². The quantitative estimate of drug-likeness (QED) is 0.557. The Kier molecular flexibility index (Phi) is 2.65. The predicted molar refractivity (Wildman–Crippen MR) is 35.8 cm³/mol. The Morgan fingerprint density at radius 2 is 2.10 bits per heavy atom. The van der Waals surface area contributed by atoms with Gasteiger partial charge in [-0.05, 0) is 19.3 Å². The van der Waals surface area contributed by atoms with Crippen LogP contribution in [0.3, 0.4) is 0 Å². The molecule has 0 saturated carbocycles. The van der Waals surface area contributed by atoms with Gasteiger partial charge in [-0.25, -0.2) is 0 Å². The van der Waals surface area contributed by atoms with Crippen molar-refractivity contribution in [3.63, 3.8) is 0 Å². The van der Waals surface area contributed by atoms with Crippen molar-refractivity contribution >= 4 is 0 Å². The lowest BCUT2D eigenvalue weighted by molar-refractivity contribution is -0.253. The van der Waals surface area contributed by atoms with E-state index in [4.69, 9.17) is 14.9 Å². The number of rotatable bonds is 1. The fourth-order valence-corrected chi connectivity index (χ4v) is 1.13. The second kappa shape index (κ2) is 3.32. The van der Waals surface area contributed by atoms with E-state index in [2.05, 4.69) is 6.92 Å². The van der Waals surface area contributed by atoms with Gasteiger partial charge < -0.3 is 14.9 Å². The van der Waals surface area contributed by atoms with Crippen molar-refractivity contribution in [2.45, 2.75) is 31.8 Å². The smallest absolute Gasteiger partial charge is 0.160 e. The van der Waals surface area contributed by atoms with E-state index in [-0.39, 0.29) is 5.92 Å². The van der Waals surface area contributed by atoms with Crippen LogP contribution in [-0.4, -0.2) is 22.8 Å². The van der Waals surface area contributed by atoms with Crippen LogP contribution in [0.15, 0.2) is 0 Å². The first-order valence-electron chi connectivity index (χ1n) is 3.55. The Bertz CT molecular complexity index is 105. The number of ether oxygens (including phenoxy) is 1. The largest absolute Gasteiger partial charge is 0.368 e. The number of aliphatic hydroxyl groups is 2. The zero-order valence-electron chi connectivity index (χ0n) is 5.86. The minimum Gasteiger partial charge on any atom is -0.368 e. The topological polar surface area (TPSA) is 49.7 Å². The normalized spacial score (nSPS) is 41.7. The van der Waals surface area contributed by atoms with E-state index in [1.54, 1.807) is 0 Å². The summed E-state index contributed by atoms with van der Waals surface area (Å²) in [6.45, 7) is 3.66. The van der Waals surface area contributed by atoms with Crippen molar-refractivity contribution in [1.82, 2.24) is 0 Å². The van der Waals surface area contributed by atoms with E-state index < -0.39 is 12.6 Å². The third-order valence-corrected chi connectivity index (χ3v) is 1.85. The highest BCUT2D eigenvalue weighted by atomic mass is 16.7. The molecule has 1 rings (SSSR count). The fraction of sp³-hybridized carbons (Fsp3) is 0.857. The van der Waals surface area contributed by atoms with Gasteiger partial charge >= 0.3 is 0 Å². The van der Waals surface area contributed by atoms with Crippen LogP contribution in [0.4, 0.5) is 0 Å². The van der Waals surface area contributed by atoms with E-state index in [9.17, 15) is 0 Å². The lowest BCUT2D eigenvalue weighted by atomic mass is 9.97. The maximum absolute atomic E-state index is 9.12. The molecule has 0 aromatic heterocycles. The summed E-state index contributed by atoms with van der Waals surface area (Å²) in [6.07, 6.45) is 0.468. The maximum Gasteiger partial charge on any atom is 0.160 e. The highest BCUT2D eigenvalue weighted by molar-refractivity contribution is 4.68. The lowest BCUT2D eigenvalue weighted by Gasteiger charge is -2.29. The summed E-state index contributed by atoms with van der Waals surface area (Å²) in [5, 5.41) is 18.0. The molecule has 10 heavy (non-hydrogen) atoms. The van der Waals surface area contributed by atoms with Crippen molar-refractivity contribution in [2.75, 3.05) is 0 Å². The first-order chi connectivity index (χ1) is 4.74. The van der Waals surface area contributed by atoms with Crippen LogP contribution >= 0.6 is 0 Å². The summed E-state index contributed by atoms with van der Waals surface area (Å²) in [6, 6.07) is 0. The molecule has 59 valence electrons. The third kappa shape index (κ3) is 1.68. The highest BCUT2D eigenvalue weighted by Gasteiger charge is 2.26. The SMILES string of the molecule is [CH2]CC1CCC(O)OC1O. The van der Waals surface area contributed by atoms with Crippen LogP contribution in [0.25, 0.3) is 0 Å². The number of hydrogen-bond donors (Lipinski definition) is 2. The first-order valence-corrected chi connectivity index (χ1v) is 3.55. The molecular formula is C7H13O3. The van der Waals surface area contributed by atoms with Crippen LogP contribution in [-0.2, 0) is 4.74 Å². The van der Waals surface area contributed by atoms with Crippen molar-refractivity contribution in [1.29, 1.82) is 0 Å². The van der Waals surface area contributed by atoms with E-state index in [0.717, 1.165) is 6.42 Å². The molecule has 1 fully saturated rings. The van der Waals surface area contributed by atoms with Gasteiger partial charge in [0.2, 0.25) is 0 Å². The highest BCUT2D eigenvalue weighted by Crippen LogP contribution is 2.24. The average molecular weight is 145 g/mol. The second-order valence-corrected chi connectivity index (χ2v) is 2.61. The molecule has 0 amide bonds. The standard InChI is InChI=1S/C7H13O3/c1-2-5-3-4-6(8)10-7(5)9/h5-9H,1-4H2. The van der Waals surface area contributed by atoms with Gasteiger partial charge in [0.05, 0.1) is 0 Å². The summed E-state index contributed by atoms with van der Waals surface area (Å²) in [7, 11) is 0. The Balaban J connectivity index is 2.36. The molecule has 1 aliphatic rings. The molecule has 3 heteroatoms. The van der Waals surface area contributed by atoms with Crippen molar-refractivity contribution in [3.05, 3.63) is 6.92 Å². The van der Waals surface area contributed by atoms with Gasteiger partial charge in [-0.15, -0.1) is 0 Å². The van der Waals surface area contributed by atoms with E-state index in [1.165, 1.54) is 0 Å². The van der Waals surface area contributed by atoms with Crippen LogP contribution < -0.4 is 0 Å². The van der Waals surface area contributed by atoms with Crippen molar-refractivity contribution in [3.8, 4) is 0 Å². The summed E-state index contributed by atoms with van der Waals surface area (Å²) >= 11 is 0. The fourth-order valence-electron chi connectivity index (χ4n) is 1.13. The summed E-state index contributed by atoms with van der Waals surface area (Å²) < 4.78 is 4.76. The predicted octanol–water partition coefficient (Wildman–Crippen LogP) is 0.274. The molecule has 3 atom stereocenters. The van der Waals surface area contributed by atoms with Crippen molar-refractivity contribution < 1.29 is 14.9 Å². The average Bonchev–Trinajstić information content (AvgIpc) is 1.88. The molecule has 0 aromatic rings. The molecule has 1 radical (unpaired) electrons. The summed E-state index contributed by atoms with van der Waals surface area (Å²) in [5.41, 5.74) is 0. The van der Waals surface area contributed by atoms with Crippen LogP contribution in [0.1, 0.15) is 19.3 Å². The number of hydrogen-bond acceptors (Lipinski definition) is 3. The van der Waals surface area contributed by atoms with E-state index in [1.807, 2.05) is 0 Å². The second-order valence-electron chi connectivity index (χ2n) is 2.61.